The van der Waals surface area contributed by atoms with Crippen LogP contribution in [0.1, 0.15) is 45.1 Å². The van der Waals surface area contributed by atoms with Crippen molar-refractivity contribution in [2.75, 3.05) is 6.54 Å². The maximum Gasteiger partial charge on any atom is 0.119 e. The van der Waals surface area contributed by atoms with Gasteiger partial charge in [-0.05, 0) is 56.3 Å². The highest BCUT2D eigenvalue weighted by Crippen LogP contribution is 2.25. The van der Waals surface area contributed by atoms with Crippen LogP contribution in [0.5, 0.6) is 5.75 Å². The first kappa shape index (κ1) is 13.4. The van der Waals surface area contributed by atoms with Crippen molar-refractivity contribution in [2.45, 2.75) is 58.1 Å². The number of nitrogens with one attached hydrogen (secondary N) is 1. The number of rotatable bonds is 6. The Balaban J connectivity index is 1.79. The molecule has 0 spiro atoms. The third kappa shape index (κ3) is 3.74. The van der Waals surface area contributed by atoms with E-state index < -0.39 is 0 Å². The Kier molecular flexibility index (Phi) is 5.06. The van der Waals surface area contributed by atoms with Gasteiger partial charge in [-0.1, -0.05) is 26.0 Å². The van der Waals surface area contributed by atoms with E-state index in [1.165, 1.54) is 24.8 Å². The van der Waals surface area contributed by atoms with E-state index in [0.717, 1.165) is 25.1 Å². The highest BCUT2D eigenvalue weighted by molar-refractivity contribution is 5.27. The average molecular weight is 247 g/mol. The Morgan fingerprint density at radius 3 is 2.61 bits per heavy atom. The highest BCUT2D eigenvalue weighted by Gasteiger charge is 2.25. The lowest BCUT2D eigenvalue weighted by atomic mass is 10.2. The molecule has 1 aliphatic carbocycles. The lowest BCUT2D eigenvalue weighted by Crippen LogP contribution is -2.28. The van der Waals surface area contributed by atoms with Gasteiger partial charge in [-0.15, -0.1) is 0 Å². The van der Waals surface area contributed by atoms with Crippen LogP contribution < -0.4 is 10.1 Å². The SMILES string of the molecule is CCCNC1CCC(Oc2ccc(CC)cc2)C1. The molecule has 2 heteroatoms. The van der Waals surface area contributed by atoms with E-state index in [1.807, 2.05) is 0 Å². The molecule has 1 aromatic carbocycles. The van der Waals surface area contributed by atoms with E-state index in [0.29, 0.717) is 12.1 Å². The molecule has 0 aliphatic heterocycles. The summed E-state index contributed by atoms with van der Waals surface area (Å²) in [4.78, 5) is 0. The van der Waals surface area contributed by atoms with Crippen LogP contribution in [0.4, 0.5) is 0 Å². The standard InChI is InChI=1S/C16H25NO/c1-3-11-17-14-7-10-16(12-14)18-15-8-5-13(4-2)6-9-15/h5-6,8-9,14,16-17H,3-4,7,10-12H2,1-2H3. The molecule has 1 N–H and O–H groups in total. The number of hydrogen-bond acceptors (Lipinski definition) is 2. The molecule has 1 saturated carbocycles. The van der Waals surface area contributed by atoms with Crippen molar-refractivity contribution in [3.05, 3.63) is 29.8 Å². The summed E-state index contributed by atoms with van der Waals surface area (Å²) in [5.41, 5.74) is 1.37. The largest absolute Gasteiger partial charge is 0.490 e. The zero-order valence-corrected chi connectivity index (χ0v) is 11.6. The van der Waals surface area contributed by atoms with Gasteiger partial charge in [0, 0.05) is 6.04 Å². The Bertz CT molecular complexity index is 347. The van der Waals surface area contributed by atoms with Gasteiger partial charge in [0.15, 0.2) is 0 Å². The molecule has 0 saturated heterocycles. The zero-order chi connectivity index (χ0) is 12.8. The maximum atomic E-state index is 6.05. The van der Waals surface area contributed by atoms with Gasteiger partial charge in [0.25, 0.3) is 0 Å². The molecule has 0 radical (unpaired) electrons. The first-order valence-corrected chi connectivity index (χ1v) is 7.30. The van der Waals surface area contributed by atoms with E-state index in [1.54, 1.807) is 0 Å². The highest BCUT2D eigenvalue weighted by atomic mass is 16.5. The van der Waals surface area contributed by atoms with Gasteiger partial charge >= 0.3 is 0 Å². The minimum Gasteiger partial charge on any atom is -0.490 e. The molecule has 100 valence electrons. The van der Waals surface area contributed by atoms with Gasteiger partial charge in [-0.3, -0.25) is 0 Å². The number of ether oxygens (including phenoxy) is 1. The van der Waals surface area contributed by atoms with Crippen LogP contribution in [0.15, 0.2) is 24.3 Å². The molecular weight excluding hydrogens is 222 g/mol. The van der Waals surface area contributed by atoms with E-state index in [4.69, 9.17) is 4.74 Å². The summed E-state index contributed by atoms with van der Waals surface area (Å²) >= 11 is 0. The first-order chi connectivity index (χ1) is 8.81. The summed E-state index contributed by atoms with van der Waals surface area (Å²) in [5.74, 6) is 1.02. The zero-order valence-electron chi connectivity index (χ0n) is 11.6. The number of hydrogen-bond donors (Lipinski definition) is 1. The lowest BCUT2D eigenvalue weighted by molar-refractivity contribution is 0.206. The maximum absolute atomic E-state index is 6.05. The van der Waals surface area contributed by atoms with Crippen molar-refractivity contribution in [1.82, 2.24) is 5.32 Å². The number of benzene rings is 1. The molecule has 1 fully saturated rings. The molecule has 2 rings (SSSR count). The molecule has 2 nitrogen and oxygen atoms in total. The van der Waals surface area contributed by atoms with Crippen molar-refractivity contribution >= 4 is 0 Å². The van der Waals surface area contributed by atoms with Crippen LogP contribution in [0.3, 0.4) is 0 Å². The van der Waals surface area contributed by atoms with E-state index in [2.05, 4.69) is 43.4 Å². The smallest absolute Gasteiger partial charge is 0.119 e. The summed E-state index contributed by atoms with van der Waals surface area (Å²) < 4.78 is 6.05. The van der Waals surface area contributed by atoms with Crippen LogP contribution in [0.2, 0.25) is 0 Å². The fourth-order valence-corrected chi connectivity index (χ4v) is 2.58. The van der Waals surface area contributed by atoms with Crippen molar-refractivity contribution in [3.8, 4) is 5.75 Å². The van der Waals surface area contributed by atoms with Crippen molar-refractivity contribution in [1.29, 1.82) is 0 Å². The Labute approximate surface area is 111 Å². The van der Waals surface area contributed by atoms with Gasteiger partial charge in [-0.25, -0.2) is 0 Å². The molecule has 2 unspecified atom stereocenters. The van der Waals surface area contributed by atoms with Crippen LogP contribution in [-0.2, 0) is 6.42 Å². The monoisotopic (exact) mass is 247 g/mol. The van der Waals surface area contributed by atoms with Crippen LogP contribution >= 0.6 is 0 Å². The molecule has 2 atom stereocenters. The van der Waals surface area contributed by atoms with Gasteiger partial charge in [0.05, 0.1) is 0 Å². The van der Waals surface area contributed by atoms with Crippen LogP contribution in [0, 0.1) is 0 Å². The normalized spacial score (nSPS) is 23.2. The molecule has 1 aromatic rings. The summed E-state index contributed by atoms with van der Waals surface area (Å²) in [6.45, 7) is 5.52. The molecule has 1 aliphatic rings. The predicted molar refractivity (Wildman–Crippen MR) is 76.2 cm³/mol. The van der Waals surface area contributed by atoms with Crippen molar-refractivity contribution in [3.63, 3.8) is 0 Å². The van der Waals surface area contributed by atoms with Gasteiger partial charge in [0.2, 0.25) is 0 Å². The topological polar surface area (TPSA) is 21.3 Å². The second kappa shape index (κ2) is 6.79. The quantitative estimate of drug-likeness (QED) is 0.830. The second-order valence-electron chi connectivity index (χ2n) is 5.20. The Morgan fingerprint density at radius 2 is 1.94 bits per heavy atom. The van der Waals surface area contributed by atoms with Gasteiger partial charge < -0.3 is 10.1 Å². The second-order valence-corrected chi connectivity index (χ2v) is 5.20. The third-order valence-electron chi connectivity index (χ3n) is 3.70. The fourth-order valence-electron chi connectivity index (χ4n) is 2.58. The summed E-state index contributed by atoms with van der Waals surface area (Å²) in [6, 6.07) is 9.19. The van der Waals surface area contributed by atoms with E-state index >= 15 is 0 Å². The third-order valence-corrected chi connectivity index (χ3v) is 3.70. The van der Waals surface area contributed by atoms with Crippen molar-refractivity contribution in [2.24, 2.45) is 0 Å². The van der Waals surface area contributed by atoms with Gasteiger partial charge in [0.1, 0.15) is 11.9 Å². The average Bonchev–Trinajstić information content (AvgIpc) is 2.85. The molecule has 0 heterocycles. The minimum absolute atomic E-state index is 0.395. The van der Waals surface area contributed by atoms with E-state index in [9.17, 15) is 0 Å². The van der Waals surface area contributed by atoms with Crippen LogP contribution in [0.25, 0.3) is 0 Å². The molecule has 18 heavy (non-hydrogen) atoms. The van der Waals surface area contributed by atoms with E-state index in [-0.39, 0.29) is 0 Å². The molecular formula is C16H25NO. The lowest BCUT2D eigenvalue weighted by Gasteiger charge is -2.15. The first-order valence-electron chi connectivity index (χ1n) is 7.30. The number of aryl methyl sites for hydroxylation is 1. The molecule has 0 bridgehead atoms. The summed E-state index contributed by atoms with van der Waals surface area (Å²) in [5, 5.41) is 3.59. The summed E-state index contributed by atoms with van der Waals surface area (Å²) in [6.07, 6.45) is 6.27. The molecule has 0 amide bonds. The predicted octanol–water partition coefficient (Wildman–Crippen LogP) is 3.55. The van der Waals surface area contributed by atoms with Gasteiger partial charge in [-0.2, -0.15) is 0 Å². The fraction of sp³-hybridized carbons (Fsp3) is 0.625. The Hall–Kier alpha value is -1.02. The van der Waals surface area contributed by atoms with Crippen molar-refractivity contribution < 1.29 is 4.74 Å². The Morgan fingerprint density at radius 1 is 1.17 bits per heavy atom. The molecule has 0 aromatic heterocycles. The van der Waals surface area contributed by atoms with Crippen LogP contribution in [-0.4, -0.2) is 18.7 Å². The minimum atomic E-state index is 0.395. The summed E-state index contributed by atoms with van der Waals surface area (Å²) in [7, 11) is 0.